The third-order valence-corrected chi connectivity index (χ3v) is 3.02. The van der Waals surface area contributed by atoms with E-state index in [-0.39, 0.29) is 12.8 Å². The summed E-state index contributed by atoms with van der Waals surface area (Å²) in [6, 6.07) is 1.86. The van der Waals surface area contributed by atoms with Crippen LogP contribution in [-0.4, -0.2) is 26.7 Å². The molecule has 0 saturated carbocycles. The van der Waals surface area contributed by atoms with Crippen molar-refractivity contribution in [2.24, 2.45) is 0 Å². The van der Waals surface area contributed by atoms with Gasteiger partial charge < -0.3 is 5.11 Å². The van der Waals surface area contributed by atoms with Crippen molar-refractivity contribution in [1.29, 1.82) is 0 Å². The lowest BCUT2D eigenvalue weighted by Crippen LogP contribution is -2.29. The molecule has 1 rings (SSSR count). The lowest BCUT2D eigenvalue weighted by Gasteiger charge is -2.23. The predicted octanol–water partition coefficient (Wildman–Crippen LogP) is 3.24. The van der Waals surface area contributed by atoms with Gasteiger partial charge in [-0.15, -0.1) is 0 Å². The molecule has 1 aromatic heterocycles. The monoisotopic (exact) mass is 278 g/mol. The van der Waals surface area contributed by atoms with E-state index in [1.54, 1.807) is 11.6 Å². The van der Waals surface area contributed by atoms with Gasteiger partial charge in [0.05, 0.1) is 11.3 Å². The first kappa shape index (κ1) is 16.0. The highest BCUT2D eigenvalue weighted by molar-refractivity contribution is 5.11. The Kier molecular flexibility index (Phi) is 5.01. The Labute approximate surface area is 111 Å². The van der Waals surface area contributed by atoms with Crippen LogP contribution in [0.5, 0.6) is 0 Å². The molecule has 0 aromatic carbocycles. The van der Waals surface area contributed by atoms with Crippen LogP contribution in [0.25, 0.3) is 0 Å². The van der Waals surface area contributed by atoms with Crippen molar-refractivity contribution in [3.63, 3.8) is 0 Å². The van der Waals surface area contributed by atoms with Gasteiger partial charge in [-0.1, -0.05) is 0 Å². The molecule has 3 nitrogen and oxygen atoms in total. The van der Waals surface area contributed by atoms with E-state index in [0.717, 1.165) is 11.4 Å². The zero-order valence-corrected chi connectivity index (χ0v) is 11.6. The van der Waals surface area contributed by atoms with Crippen LogP contribution in [0.4, 0.5) is 13.2 Å². The average Bonchev–Trinajstić information content (AvgIpc) is 2.55. The molecule has 110 valence electrons. The van der Waals surface area contributed by atoms with E-state index in [9.17, 15) is 18.3 Å². The van der Waals surface area contributed by atoms with E-state index in [4.69, 9.17) is 0 Å². The van der Waals surface area contributed by atoms with E-state index in [1.807, 2.05) is 19.9 Å². The summed E-state index contributed by atoms with van der Waals surface area (Å²) in [4.78, 5) is 0. The van der Waals surface area contributed by atoms with E-state index in [0.29, 0.717) is 13.0 Å². The number of hydrogen-bond acceptors (Lipinski definition) is 2. The molecule has 0 amide bonds. The Morgan fingerprint density at radius 2 is 1.95 bits per heavy atom. The minimum absolute atomic E-state index is 0.0598. The maximum absolute atomic E-state index is 12.1. The summed E-state index contributed by atoms with van der Waals surface area (Å²) in [5.41, 5.74) is 0.574. The van der Waals surface area contributed by atoms with Crippen LogP contribution in [0.1, 0.15) is 44.5 Å². The van der Waals surface area contributed by atoms with Crippen molar-refractivity contribution in [3.8, 4) is 0 Å². The molecule has 0 aliphatic rings. The van der Waals surface area contributed by atoms with Crippen molar-refractivity contribution in [2.75, 3.05) is 0 Å². The summed E-state index contributed by atoms with van der Waals surface area (Å²) in [7, 11) is 0. The summed E-state index contributed by atoms with van der Waals surface area (Å²) in [5.74, 6) is 0. The highest BCUT2D eigenvalue weighted by Gasteiger charge is 2.29. The summed E-state index contributed by atoms with van der Waals surface area (Å²) < 4.78 is 38.0. The van der Waals surface area contributed by atoms with Crippen molar-refractivity contribution in [1.82, 2.24) is 9.78 Å². The fourth-order valence-electron chi connectivity index (χ4n) is 2.16. The Hall–Kier alpha value is -1.04. The van der Waals surface area contributed by atoms with Crippen LogP contribution in [0, 0.1) is 6.92 Å². The number of aliphatic hydroxyl groups is 1. The van der Waals surface area contributed by atoms with Crippen molar-refractivity contribution in [3.05, 3.63) is 17.5 Å². The van der Waals surface area contributed by atoms with E-state index < -0.39 is 18.2 Å². The van der Waals surface area contributed by atoms with Crippen LogP contribution in [0.2, 0.25) is 0 Å². The Morgan fingerprint density at radius 3 is 2.47 bits per heavy atom. The molecular formula is C13H21F3N2O. The Morgan fingerprint density at radius 1 is 1.32 bits per heavy atom. The molecule has 1 atom stereocenters. The second-order valence-electron chi connectivity index (χ2n) is 5.24. The van der Waals surface area contributed by atoms with Gasteiger partial charge in [-0.05, 0) is 39.7 Å². The Balaban J connectivity index is 2.58. The summed E-state index contributed by atoms with van der Waals surface area (Å²) in [6.45, 7) is 6.05. The maximum Gasteiger partial charge on any atom is 0.389 e. The summed E-state index contributed by atoms with van der Waals surface area (Å²) in [5, 5.41) is 14.4. The molecule has 6 heteroatoms. The van der Waals surface area contributed by atoms with Crippen molar-refractivity contribution in [2.45, 2.75) is 64.8 Å². The van der Waals surface area contributed by atoms with Crippen molar-refractivity contribution >= 4 is 0 Å². The molecule has 0 fully saturated rings. The largest absolute Gasteiger partial charge is 0.390 e. The van der Waals surface area contributed by atoms with Crippen LogP contribution >= 0.6 is 0 Å². The van der Waals surface area contributed by atoms with Gasteiger partial charge in [-0.2, -0.15) is 18.3 Å². The molecule has 0 bridgehead atoms. The standard InChI is InChI=1S/C13H21F3N2O/c1-4-18-11(8-10(2)17-18)9-12(3,19)6-5-7-13(14,15)16/h8,19H,4-7,9H2,1-3H3. The molecule has 0 radical (unpaired) electrons. The van der Waals surface area contributed by atoms with Gasteiger partial charge in [0, 0.05) is 25.1 Å². The lowest BCUT2D eigenvalue weighted by atomic mass is 9.93. The second kappa shape index (κ2) is 5.94. The molecule has 1 unspecified atom stereocenters. The highest BCUT2D eigenvalue weighted by atomic mass is 19.4. The third-order valence-electron chi connectivity index (χ3n) is 3.02. The number of alkyl halides is 3. The van der Waals surface area contributed by atoms with Crippen LogP contribution in [-0.2, 0) is 13.0 Å². The fraction of sp³-hybridized carbons (Fsp3) is 0.769. The van der Waals surface area contributed by atoms with Crippen LogP contribution < -0.4 is 0 Å². The van der Waals surface area contributed by atoms with Crippen LogP contribution in [0.3, 0.4) is 0 Å². The third kappa shape index (κ3) is 5.63. The van der Waals surface area contributed by atoms with E-state index in [2.05, 4.69) is 5.10 Å². The minimum atomic E-state index is -4.15. The van der Waals surface area contributed by atoms with Gasteiger partial charge in [0.25, 0.3) is 0 Å². The predicted molar refractivity (Wildman–Crippen MR) is 66.9 cm³/mol. The number of aromatic nitrogens is 2. The first-order valence-corrected chi connectivity index (χ1v) is 6.45. The number of hydrogen-bond donors (Lipinski definition) is 1. The average molecular weight is 278 g/mol. The maximum atomic E-state index is 12.1. The fourth-order valence-corrected chi connectivity index (χ4v) is 2.16. The number of aryl methyl sites for hydroxylation is 2. The topological polar surface area (TPSA) is 38.0 Å². The van der Waals surface area contributed by atoms with Gasteiger partial charge in [0.15, 0.2) is 0 Å². The molecule has 19 heavy (non-hydrogen) atoms. The zero-order chi connectivity index (χ0) is 14.7. The number of nitrogens with zero attached hydrogens (tertiary/aromatic N) is 2. The second-order valence-corrected chi connectivity index (χ2v) is 5.24. The quantitative estimate of drug-likeness (QED) is 0.867. The first-order chi connectivity index (χ1) is 8.63. The molecule has 1 N–H and O–H groups in total. The van der Waals surface area contributed by atoms with Crippen LogP contribution in [0.15, 0.2) is 6.07 Å². The number of halogens is 3. The highest BCUT2D eigenvalue weighted by Crippen LogP contribution is 2.26. The van der Waals surface area contributed by atoms with Gasteiger partial charge >= 0.3 is 6.18 Å². The summed E-state index contributed by atoms with van der Waals surface area (Å²) >= 11 is 0. The Bertz CT molecular complexity index is 411. The van der Waals surface area contributed by atoms with Gasteiger partial charge in [0.1, 0.15) is 0 Å². The lowest BCUT2D eigenvalue weighted by molar-refractivity contribution is -0.137. The smallest absolute Gasteiger partial charge is 0.389 e. The normalized spacial score (nSPS) is 15.5. The minimum Gasteiger partial charge on any atom is -0.390 e. The molecule has 1 heterocycles. The summed E-state index contributed by atoms with van der Waals surface area (Å²) in [6.07, 6.45) is -4.62. The molecule has 0 aliphatic carbocycles. The molecule has 0 spiro atoms. The van der Waals surface area contributed by atoms with E-state index >= 15 is 0 Å². The zero-order valence-electron chi connectivity index (χ0n) is 11.6. The molecule has 0 saturated heterocycles. The molecule has 0 aliphatic heterocycles. The van der Waals surface area contributed by atoms with Gasteiger partial charge in [-0.3, -0.25) is 4.68 Å². The first-order valence-electron chi connectivity index (χ1n) is 6.45. The van der Waals surface area contributed by atoms with E-state index in [1.165, 1.54) is 0 Å². The SMILES string of the molecule is CCn1nc(C)cc1CC(C)(O)CCCC(F)(F)F. The van der Waals surface area contributed by atoms with Crippen molar-refractivity contribution < 1.29 is 18.3 Å². The van der Waals surface area contributed by atoms with Gasteiger partial charge in [0.2, 0.25) is 0 Å². The molecule has 1 aromatic rings. The van der Waals surface area contributed by atoms with Gasteiger partial charge in [-0.25, -0.2) is 0 Å². The number of rotatable bonds is 6. The molecular weight excluding hydrogens is 257 g/mol.